The summed E-state index contributed by atoms with van der Waals surface area (Å²) in [5.74, 6) is -1.19. The number of hydrogen-bond acceptors (Lipinski definition) is 5. The summed E-state index contributed by atoms with van der Waals surface area (Å²) in [6.45, 7) is 2.01. The normalized spacial score (nSPS) is 18.4. The van der Waals surface area contributed by atoms with Gasteiger partial charge in [-0.3, -0.25) is 9.71 Å². The van der Waals surface area contributed by atoms with Crippen LogP contribution in [0.2, 0.25) is 5.02 Å². The molecule has 0 radical (unpaired) electrons. The van der Waals surface area contributed by atoms with Gasteiger partial charge in [-0.15, -0.1) is 0 Å². The van der Waals surface area contributed by atoms with Crippen LogP contribution in [-0.4, -0.2) is 31.9 Å². The first kappa shape index (κ1) is 20.4. The van der Waals surface area contributed by atoms with Crippen LogP contribution in [0.4, 0.5) is 0 Å². The van der Waals surface area contributed by atoms with Crippen LogP contribution in [0, 0.1) is 6.92 Å². The number of thioether (sulfide) groups is 1. The minimum Gasteiger partial charge on any atom is -0.478 e. The van der Waals surface area contributed by atoms with Crippen molar-refractivity contribution in [2.75, 3.05) is 6.54 Å². The van der Waals surface area contributed by atoms with E-state index in [2.05, 4.69) is 9.71 Å². The molecule has 0 spiro atoms. The first-order valence-corrected chi connectivity index (χ1v) is 11.0. The molecule has 0 amide bonds. The Morgan fingerprint density at radius 3 is 2.68 bits per heavy atom. The van der Waals surface area contributed by atoms with E-state index in [1.807, 2.05) is 30.3 Å². The summed E-state index contributed by atoms with van der Waals surface area (Å²) in [6, 6.07) is 12.6. The van der Waals surface area contributed by atoms with Crippen LogP contribution in [-0.2, 0) is 21.2 Å². The Hall–Kier alpha value is -2.29. The second kappa shape index (κ2) is 8.38. The lowest BCUT2D eigenvalue weighted by Gasteiger charge is -2.09. The molecule has 3 rings (SSSR count). The van der Waals surface area contributed by atoms with Gasteiger partial charge in [0.05, 0.1) is 4.91 Å². The van der Waals surface area contributed by atoms with Gasteiger partial charge in [0.2, 0.25) is 0 Å². The number of sulfonamides is 1. The molecule has 0 bridgehead atoms. The van der Waals surface area contributed by atoms with Gasteiger partial charge < -0.3 is 5.11 Å². The zero-order valence-electron chi connectivity index (χ0n) is 14.8. The predicted molar refractivity (Wildman–Crippen MR) is 111 cm³/mol. The van der Waals surface area contributed by atoms with E-state index < -0.39 is 16.0 Å². The number of nitrogens with zero attached hydrogens (tertiary/aromatic N) is 1. The third-order valence-electron chi connectivity index (χ3n) is 3.97. The van der Waals surface area contributed by atoms with Crippen LogP contribution >= 0.6 is 23.4 Å². The van der Waals surface area contributed by atoms with E-state index in [4.69, 9.17) is 11.6 Å². The van der Waals surface area contributed by atoms with Gasteiger partial charge in [0, 0.05) is 22.5 Å². The van der Waals surface area contributed by atoms with Crippen molar-refractivity contribution in [1.82, 2.24) is 4.72 Å². The minimum atomic E-state index is -3.92. The highest BCUT2D eigenvalue weighted by Crippen LogP contribution is 2.38. The fourth-order valence-electron chi connectivity index (χ4n) is 2.59. The zero-order valence-corrected chi connectivity index (χ0v) is 17.2. The number of carboxylic acid groups (broad SMARTS) is 1. The number of nitrogens with one attached hydrogen (secondary N) is 1. The molecule has 2 N–H and O–H groups in total. The van der Waals surface area contributed by atoms with Crippen molar-refractivity contribution in [3.8, 4) is 0 Å². The lowest BCUT2D eigenvalue weighted by atomic mass is 10.2. The Bertz CT molecular complexity index is 1080. The molecule has 1 aliphatic heterocycles. The average Bonchev–Trinajstić information content (AvgIpc) is 2.72. The molecule has 0 aliphatic carbocycles. The molecular formula is C19H17ClN2O4S2. The predicted octanol–water partition coefficient (Wildman–Crippen LogP) is 3.64. The molecule has 2 aromatic rings. The molecule has 0 aromatic heterocycles. The van der Waals surface area contributed by atoms with E-state index in [0.29, 0.717) is 28.4 Å². The molecular weight excluding hydrogens is 420 g/mol. The van der Waals surface area contributed by atoms with Gasteiger partial charge in [-0.05, 0) is 36.6 Å². The number of carbonyl (C=O) groups is 1. The first-order chi connectivity index (χ1) is 13.3. The van der Waals surface area contributed by atoms with Crippen LogP contribution in [0.5, 0.6) is 0 Å². The van der Waals surface area contributed by atoms with Crippen molar-refractivity contribution in [2.24, 2.45) is 4.99 Å². The number of rotatable bonds is 4. The van der Waals surface area contributed by atoms with Crippen molar-refractivity contribution < 1.29 is 18.3 Å². The van der Waals surface area contributed by atoms with Crippen LogP contribution in [0.15, 0.2) is 68.2 Å². The minimum absolute atomic E-state index is 0.00769. The number of halogens is 1. The third kappa shape index (κ3) is 4.76. The summed E-state index contributed by atoms with van der Waals surface area (Å²) in [5.41, 5.74) is 1.66. The topological polar surface area (TPSA) is 95.8 Å². The van der Waals surface area contributed by atoms with Crippen molar-refractivity contribution >= 4 is 45.2 Å². The molecule has 28 heavy (non-hydrogen) atoms. The smallest absolute Gasteiger partial charge is 0.329 e. The van der Waals surface area contributed by atoms with E-state index in [0.717, 1.165) is 23.4 Å². The molecule has 146 valence electrons. The Kier molecular flexibility index (Phi) is 6.12. The highest BCUT2D eigenvalue weighted by molar-refractivity contribution is 8.05. The van der Waals surface area contributed by atoms with Gasteiger partial charge >= 0.3 is 5.97 Å². The number of fused-ring (bicyclic) bond motifs is 1. The molecule has 1 aliphatic rings. The lowest BCUT2D eigenvalue weighted by Crippen LogP contribution is -2.30. The van der Waals surface area contributed by atoms with Crippen molar-refractivity contribution in [2.45, 2.75) is 23.1 Å². The molecule has 0 fully saturated rings. The number of hydrogen-bond donors (Lipinski definition) is 2. The summed E-state index contributed by atoms with van der Waals surface area (Å²) in [5, 5.41) is 9.61. The van der Waals surface area contributed by atoms with Gasteiger partial charge in [-0.25, -0.2) is 13.2 Å². The van der Waals surface area contributed by atoms with Crippen LogP contribution in [0.25, 0.3) is 0 Å². The monoisotopic (exact) mass is 436 g/mol. The Labute approximate surface area is 172 Å². The van der Waals surface area contributed by atoms with E-state index in [9.17, 15) is 18.3 Å². The molecule has 2 aromatic carbocycles. The second-order valence-electron chi connectivity index (χ2n) is 6.07. The maximum absolute atomic E-state index is 12.8. The quantitative estimate of drug-likeness (QED) is 0.713. The van der Waals surface area contributed by atoms with Crippen molar-refractivity contribution in [1.29, 1.82) is 0 Å². The SMILES string of the molecule is Cc1cc2c(cc1Cl)S/C(=C\C(=O)O)C(=NCCc1ccccc1)NS2(=O)=O. The number of benzene rings is 2. The summed E-state index contributed by atoms with van der Waals surface area (Å²) >= 11 is 7.15. The maximum atomic E-state index is 12.8. The van der Waals surface area contributed by atoms with Crippen LogP contribution in [0.1, 0.15) is 11.1 Å². The highest BCUT2D eigenvalue weighted by atomic mass is 35.5. The average molecular weight is 437 g/mol. The number of aryl methyl sites for hydroxylation is 1. The summed E-state index contributed by atoms with van der Waals surface area (Å²) in [6.07, 6.45) is 1.53. The summed E-state index contributed by atoms with van der Waals surface area (Å²) in [4.78, 5) is 16.2. The Morgan fingerprint density at radius 2 is 2.00 bits per heavy atom. The molecule has 9 heteroatoms. The molecule has 0 atom stereocenters. The fraction of sp³-hybridized carbons (Fsp3) is 0.158. The van der Waals surface area contributed by atoms with Crippen LogP contribution in [0.3, 0.4) is 0 Å². The number of aliphatic imine (C=N–C) groups is 1. The largest absolute Gasteiger partial charge is 0.478 e. The van der Waals surface area contributed by atoms with Gasteiger partial charge in [-0.1, -0.05) is 53.7 Å². The number of carboxylic acids is 1. The maximum Gasteiger partial charge on any atom is 0.329 e. The fourth-order valence-corrected chi connectivity index (χ4v) is 5.47. The van der Waals surface area contributed by atoms with E-state index >= 15 is 0 Å². The Balaban J connectivity index is 2.00. The molecule has 0 unspecified atom stereocenters. The summed E-state index contributed by atoms with van der Waals surface area (Å²) in [7, 11) is -3.92. The van der Waals surface area contributed by atoms with Gasteiger partial charge in [-0.2, -0.15) is 0 Å². The standard InChI is InChI=1S/C19H17ClN2O4S2/c1-12-9-17-15(10-14(12)20)27-16(11-18(23)24)19(22-28(17,25)26)21-8-7-13-5-3-2-4-6-13/h2-6,9-11H,7-8H2,1H3,(H,21,22)(H,23,24)/b16-11-. The lowest BCUT2D eigenvalue weighted by molar-refractivity contribution is -0.131. The van der Waals surface area contributed by atoms with Gasteiger partial charge in [0.1, 0.15) is 10.7 Å². The van der Waals surface area contributed by atoms with Gasteiger partial charge in [0.25, 0.3) is 10.0 Å². The van der Waals surface area contributed by atoms with Gasteiger partial charge in [0.15, 0.2) is 0 Å². The zero-order chi connectivity index (χ0) is 20.3. The number of amidine groups is 1. The highest BCUT2D eigenvalue weighted by Gasteiger charge is 2.29. The number of aliphatic carboxylic acids is 1. The van der Waals surface area contributed by atoms with Crippen molar-refractivity contribution in [3.05, 3.63) is 69.6 Å². The molecule has 6 nitrogen and oxygen atoms in total. The second-order valence-corrected chi connectivity index (χ2v) is 9.21. The molecule has 1 heterocycles. The Morgan fingerprint density at radius 1 is 1.29 bits per heavy atom. The van der Waals surface area contributed by atoms with Crippen molar-refractivity contribution in [3.63, 3.8) is 0 Å². The van der Waals surface area contributed by atoms with Crippen LogP contribution < -0.4 is 4.72 Å². The third-order valence-corrected chi connectivity index (χ3v) is 6.97. The first-order valence-electron chi connectivity index (χ1n) is 8.30. The molecule has 0 saturated carbocycles. The van der Waals surface area contributed by atoms with E-state index in [1.54, 1.807) is 6.92 Å². The van der Waals surface area contributed by atoms with E-state index in [1.165, 1.54) is 12.1 Å². The summed E-state index contributed by atoms with van der Waals surface area (Å²) < 4.78 is 28.0. The molecule has 0 saturated heterocycles. The van der Waals surface area contributed by atoms with E-state index in [-0.39, 0.29) is 15.6 Å².